The normalized spacial score (nSPS) is 18.0. The van der Waals surface area contributed by atoms with Crippen LogP contribution in [0.25, 0.3) is 0 Å². The molecule has 0 aliphatic carbocycles. The number of hydrogen-bond acceptors (Lipinski definition) is 3. The van der Waals surface area contributed by atoms with Gasteiger partial charge in [-0.05, 0) is 66.0 Å². The molecule has 21 heavy (non-hydrogen) atoms. The minimum absolute atomic E-state index is 0.269. The second kappa shape index (κ2) is 7.55. The molecule has 0 aromatic heterocycles. The van der Waals surface area contributed by atoms with Gasteiger partial charge in [0.15, 0.2) is 0 Å². The third-order valence-electron chi connectivity index (χ3n) is 3.57. The van der Waals surface area contributed by atoms with Crippen LogP contribution in [0.15, 0.2) is 32.0 Å². The standard InChI is InChI=1S/C14H20Br2N2O2S/c1-11(10-18-6-2-3-7-18)9-17-21(19,20)14-8-12(15)4-5-13(14)16/h4-5,8,11,17H,2-3,6-7,9-10H2,1H3. The van der Waals surface area contributed by atoms with Gasteiger partial charge in [-0.15, -0.1) is 0 Å². The van der Waals surface area contributed by atoms with Crippen LogP contribution in [0.5, 0.6) is 0 Å². The molecular weight excluding hydrogens is 420 g/mol. The first-order valence-corrected chi connectivity index (χ1v) is 10.1. The highest BCUT2D eigenvalue weighted by Gasteiger charge is 2.20. The summed E-state index contributed by atoms with van der Waals surface area (Å²) in [6, 6.07) is 5.14. The second-order valence-electron chi connectivity index (χ2n) is 5.54. The van der Waals surface area contributed by atoms with Gasteiger partial charge in [0.05, 0.1) is 4.90 Å². The first-order chi connectivity index (χ1) is 9.88. The zero-order chi connectivity index (χ0) is 15.5. The molecule has 118 valence electrons. The van der Waals surface area contributed by atoms with E-state index in [4.69, 9.17) is 0 Å². The van der Waals surface area contributed by atoms with Gasteiger partial charge in [-0.25, -0.2) is 13.1 Å². The summed E-state index contributed by atoms with van der Waals surface area (Å²) in [5, 5.41) is 0. The van der Waals surface area contributed by atoms with E-state index in [1.807, 2.05) is 0 Å². The molecule has 7 heteroatoms. The van der Waals surface area contributed by atoms with Crippen LogP contribution in [-0.4, -0.2) is 39.5 Å². The number of benzene rings is 1. The summed E-state index contributed by atoms with van der Waals surface area (Å²) in [5.41, 5.74) is 0. The number of halogens is 2. The van der Waals surface area contributed by atoms with Gasteiger partial charge in [0.2, 0.25) is 10.0 Å². The highest BCUT2D eigenvalue weighted by molar-refractivity contribution is 9.11. The topological polar surface area (TPSA) is 49.4 Å². The Hall–Kier alpha value is 0.0500. The van der Waals surface area contributed by atoms with Gasteiger partial charge in [-0.1, -0.05) is 22.9 Å². The molecule has 2 rings (SSSR count). The molecule has 0 amide bonds. The molecule has 1 aliphatic heterocycles. The van der Waals surface area contributed by atoms with Crippen LogP contribution in [-0.2, 0) is 10.0 Å². The minimum atomic E-state index is -3.49. The van der Waals surface area contributed by atoms with Crippen LogP contribution >= 0.6 is 31.9 Å². The van der Waals surface area contributed by atoms with Gasteiger partial charge in [-0.2, -0.15) is 0 Å². The number of rotatable bonds is 6. The number of nitrogens with one attached hydrogen (secondary N) is 1. The largest absolute Gasteiger partial charge is 0.303 e. The van der Waals surface area contributed by atoms with E-state index in [0.29, 0.717) is 16.9 Å². The fourth-order valence-corrected chi connectivity index (χ4v) is 5.15. The van der Waals surface area contributed by atoms with E-state index in [-0.39, 0.29) is 4.90 Å². The van der Waals surface area contributed by atoms with Crippen LogP contribution in [0, 0.1) is 5.92 Å². The van der Waals surface area contributed by atoms with E-state index in [9.17, 15) is 8.42 Å². The summed E-state index contributed by atoms with van der Waals surface area (Å²) >= 11 is 6.60. The Kier molecular flexibility index (Phi) is 6.25. The summed E-state index contributed by atoms with van der Waals surface area (Å²) in [4.78, 5) is 2.67. The van der Waals surface area contributed by atoms with E-state index in [2.05, 4.69) is 48.4 Å². The molecule has 0 spiro atoms. The van der Waals surface area contributed by atoms with Gasteiger partial charge < -0.3 is 4.90 Å². The molecule has 1 aromatic rings. The average Bonchev–Trinajstić information content (AvgIpc) is 2.92. The van der Waals surface area contributed by atoms with Crippen molar-refractivity contribution in [1.29, 1.82) is 0 Å². The van der Waals surface area contributed by atoms with Crippen molar-refractivity contribution in [3.05, 3.63) is 27.1 Å². The van der Waals surface area contributed by atoms with Crippen LogP contribution in [0.1, 0.15) is 19.8 Å². The smallest absolute Gasteiger partial charge is 0.241 e. The highest BCUT2D eigenvalue weighted by Crippen LogP contribution is 2.25. The van der Waals surface area contributed by atoms with Gasteiger partial charge >= 0.3 is 0 Å². The third kappa shape index (κ3) is 5.03. The number of nitrogens with zero attached hydrogens (tertiary/aromatic N) is 1. The third-order valence-corrected chi connectivity index (χ3v) is 6.48. The Morgan fingerprint density at radius 3 is 2.62 bits per heavy atom. The van der Waals surface area contributed by atoms with E-state index in [1.54, 1.807) is 18.2 Å². The summed E-state index contributed by atoms with van der Waals surface area (Å²) < 4.78 is 28.8. The molecule has 0 bridgehead atoms. The Bertz CT molecular complexity index is 587. The van der Waals surface area contributed by atoms with Crippen molar-refractivity contribution in [2.24, 2.45) is 5.92 Å². The summed E-state index contributed by atoms with van der Waals surface area (Å²) in [6.07, 6.45) is 2.51. The molecule has 1 aromatic carbocycles. The Labute approximate surface area is 143 Å². The number of sulfonamides is 1. The summed E-state index contributed by atoms with van der Waals surface area (Å²) in [7, 11) is -3.49. The van der Waals surface area contributed by atoms with E-state index in [0.717, 1.165) is 24.1 Å². The van der Waals surface area contributed by atoms with E-state index >= 15 is 0 Å². The van der Waals surface area contributed by atoms with Gasteiger partial charge in [0.25, 0.3) is 0 Å². The minimum Gasteiger partial charge on any atom is -0.303 e. The molecule has 1 unspecified atom stereocenters. The lowest BCUT2D eigenvalue weighted by atomic mass is 10.2. The van der Waals surface area contributed by atoms with Crippen molar-refractivity contribution in [2.45, 2.75) is 24.7 Å². The van der Waals surface area contributed by atoms with Crippen molar-refractivity contribution in [3.63, 3.8) is 0 Å². The molecular formula is C14H20Br2N2O2S. The molecule has 0 radical (unpaired) electrons. The van der Waals surface area contributed by atoms with Crippen molar-refractivity contribution in [2.75, 3.05) is 26.2 Å². The Morgan fingerprint density at radius 2 is 1.95 bits per heavy atom. The molecule has 4 nitrogen and oxygen atoms in total. The van der Waals surface area contributed by atoms with Crippen molar-refractivity contribution >= 4 is 41.9 Å². The van der Waals surface area contributed by atoms with Gasteiger partial charge in [0.1, 0.15) is 0 Å². The van der Waals surface area contributed by atoms with Crippen molar-refractivity contribution < 1.29 is 8.42 Å². The van der Waals surface area contributed by atoms with E-state index in [1.165, 1.54) is 12.8 Å². The molecule has 0 saturated carbocycles. The van der Waals surface area contributed by atoms with Crippen LogP contribution in [0.2, 0.25) is 0 Å². The zero-order valence-electron chi connectivity index (χ0n) is 12.0. The lowest BCUT2D eigenvalue weighted by molar-refractivity contribution is 0.288. The number of likely N-dealkylation sites (tertiary alicyclic amines) is 1. The molecule has 1 aliphatic rings. The fraction of sp³-hybridized carbons (Fsp3) is 0.571. The first-order valence-electron chi connectivity index (χ1n) is 7.05. The summed E-state index contributed by atoms with van der Waals surface area (Å²) in [6.45, 7) is 5.75. The molecule has 1 heterocycles. The summed E-state index contributed by atoms with van der Waals surface area (Å²) in [5.74, 6) is 0.295. The monoisotopic (exact) mass is 438 g/mol. The van der Waals surface area contributed by atoms with Crippen LogP contribution in [0.3, 0.4) is 0 Å². The lowest BCUT2D eigenvalue weighted by Crippen LogP contribution is -2.34. The average molecular weight is 440 g/mol. The lowest BCUT2D eigenvalue weighted by Gasteiger charge is -2.20. The number of hydrogen-bond donors (Lipinski definition) is 1. The van der Waals surface area contributed by atoms with Gasteiger partial charge in [0, 0.05) is 22.0 Å². The maximum atomic E-state index is 12.4. The predicted octanol–water partition coefficient (Wildman–Crippen LogP) is 3.22. The van der Waals surface area contributed by atoms with Crippen LogP contribution < -0.4 is 4.72 Å². The maximum absolute atomic E-state index is 12.4. The zero-order valence-corrected chi connectivity index (χ0v) is 16.0. The van der Waals surface area contributed by atoms with Crippen molar-refractivity contribution in [1.82, 2.24) is 9.62 Å². The molecule has 1 fully saturated rings. The molecule has 1 saturated heterocycles. The SMILES string of the molecule is CC(CNS(=O)(=O)c1cc(Br)ccc1Br)CN1CCCC1. The fourth-order valence-electron chi connectivity index (χ4n) is 2.48. The van der Waals surface area contributed by atoms with Crippen LogP contribution in [0.4, 0.5) is 0 Å². The quantitative estimate of drug-likeness (QED) is 0.740. The second-order valence-corrected chi connectivity index (χ2v) is 9.04. The Morgan fingerprint density at radius 1 is 1.29 bits per heavy atom. The maximum Gasteiger partial charge on any atom is 0.241 e. The van der Waals surface area contributed by atoms with Gasteiger partial charge in [-0.3, -0.25) is 0 Å². The first kappa shape index (κ1) is 17.4. The highest BCUT2D eigenvalue weighted by atomic mass is 79.9. The van der Waals surface area contributed by atoms with E-state index < -0.39 is 10.0 Å². The Balaban J connectivity index is 1.95. The predicted molar refractivity (Wildman–Crippen MR) is 91.9 cm³/mol. The molecule has 1 N–H and O–H groups in total. The molecule has 1 atom stereocenters. The van der Waals surface area contributed by atoms with Crippen molar-refractivity contribution in [3.8, 4) is 0 Å².